The van der Waals surface area contributed by atoms with Crippen LogP contribution in [0.5, 0.6) is 0 Å². The van der Waals surface area contributed by atoms with Crippen LogP contribution in [0.1, 0.15) is 0 Å². The van der Waals surface area contributed by atoms with Crippen LogP contribution in [0.15, 0.2) is 23.1 Å². The van der Waals surface area contributed by atoms with Crippen molar-refractivity contribution in [3.8, 4) is 0 Å². The van der Waals surface area contributed by atoms with Gasteiger partial charge in [-0.3, -0.25) is 10.1 Å². The summed E-state index contributed by atoms with van der Waals surface area (Å²) in [5, 5.41) is 10.4. The molecule has 0 spiro atoms. The third kappa shape index (κ3) is 1.99. The van der Waals surface area contributed by atoms with Crippen LogP contribution in [0, 0.1) is 10.1 Å². The Hall–Kier alpha value is -1.63. The van der Waals surface area contributed by atoms with Gasteiger partial charge >= 0.3 is 0 Å². The van der Waals surface area contributed by atoms with Gasteiger partial charge in [0, 0.05) is 12.3 Å². The van der Waals surface area contributed by atoms with Gasteiger partial charge in [-0.25, -0.2) is 8.42 Å². The van der Waals surface area contributed by atoms with Crippen molar-refractivity contribution in [3.63, 3.8) is 0 Å². The average molecular weight is 216 g/mol. The molecule has 1 aromatic rings. The molecule has 76 valence electrons. The number of rotatable bonds is 2. The van der Waals surface area contributed by atoms with Gasteiger partial charge in [-0.1, -0.05) is 0 Å². The summed E-state index contributed by atoms with van der Waals surface area (Å²) in [5.74, 6) is 0. The lowest BCUT2D eigenvalue weighted by atomic mass is 10.3. The first-order valence-corrected chi connectivity index (χ1v) is 5.45. The minimum atomic E-state index is -3.44. The Morgan fingerprint density at radius 1 is 1.43 bits per heavy atom. The molecular formula is C7H8N2O4S. The first-order chi connectivity index (χ1) is 6.32. The van der Waals surface area contributed by atoms with Crippen molar-refractivity contribution >= 4 is 21.2 Å². The van der Waals surface area contributed by atoms with E-state index < -0.39 is 20.4 Å². The number of nitrogens with two attached hydrogens (primary N) is 1. The van der Waals surface area contributed by atoms with E-state index in [2.05, 4.69) is 0 Å². The first kappa shape index (κ1) is 10.5. The number of nitrogens with zero attached hydrogens (tertiary/aromatic N) is 1. The summed E-state index contributed by atoms with van der Waals surface area (Å²) in [5.41, 5.74) is 4.85. The molecule has 0 fully saturated rings. The molecule has 7 heteroatoms. The quantitative estimate of drug-likeness (QED) is 0.442. The van der Waals surface area contributed by atoms with Crippen molar-refractivity contribution in [2.24, 2.45) is 0 Å². The van der Waals surface area contributed by atoms with Crippen LogP contribution in [-0.4, -0.2) is 19.6 Å². The molecule has 0 aliphatic heterocycles. The largest absolute Gasteiger partial charge is 0.393 e. The SMILES string of the molecule is CS(=O)(=O)c1ccc(N)c([N+](=O)[O-])c1. The fraction of sp³-hybridized carbons (Fsp3) is 0.143. The molecule has 0 amide bonds. The van der Waals surface area contributed by atoms with E-state index >= 15 is 0 Å². The molecule has 2 N–H and O–H groups in total. The molecule has 0 radical (unpaired) electrons. The van der Waals surface area contributed by atoms with Gasteiger partial charge in [0.15, 0.2) is 9.84 Å². The van der Waals surface area contributed by atoms with Crippen molar-refractivity contribution in [1.82, 2.24) is 0 Å². The van der Waals surface area contributed by atoms with Gasteiger partial charge in [0.2, 0.25) is 0 Å². The summed E-state index contributed by atoms with van der Waals surface area (Å²) in [6.45, 7) is 0. The first-order valence-electron chi connectivity index (χ1n) is 3.56. The lowest BCUT2D eigenvalue weighted by molar-refractivity contribution is -0.384. The second-order valence-corrected chi connectivity index (χ2v) is 4.77. The molecule has 14 heavy (non-hydrogen) atoms. The Morgan fingerprint density at radius 3 is 2.43 bits per heavy atom. The van der Waals surface area contributed by atoms with E-state index in [1.165, 1.54) is 12.1 Å². The van der Waals surface area contributed by atoms with Crippen molar-refractivity contribution in [3.05, 3.63) is 28.3 Å². The molecule has 0 aliphatic carbocycles. The number of sulfone groups is 1. The lowest BCUT2D eigenvalue weighted by Crippen LogP contribution is -2.01. The molecule has 0 aromatic heterocycles. The Kier molecular flexibility index (Phi) is 2.43. The summed E-state index contributed by atoms with van der Waals surface area (Å²) < 4.78 is 22.1. The highest BCUT2D eigenvalue weighted by atomic mass is 32.2. The zero-order chi connectivity index (χ0) is 10.9. The number of nitro groups is 1. The number of nitro benzene ring substituents is 1. The predicted octanol–water partition coefficient (Wildman–Crippen LogP) is 0.581. The number of hydrogen-bond acceptors (Lipinski definition) is 5. The van der Waals surface area contributed by atoms with Crippen LogP contribution >= 0.6 is 0 Å². The third-order valence-electron chi connectivity index (χ3n) is 1.63. The molecule has 6 nitrogen and oxygen atoms in total. The van der Waals surface area contributed by atoms with Gasteiger partial charge in [-0.2, -0.15) is 0 Å². The lowest BCUT2D eigenvalue weighted by Gasteiger charge is -2.00. The van der Waals surface area contributed by atoms with Crippen molar-refractivity contribution < 1.29 is 13.3 Å². The molecule has 0 bridgehead atoms. The van der Waals surface area contributed by atoms with Crippen LogP contribution in [0.2, 0.25) is 0 Å². The molecular weight excluding hydrogens is 208 g/mol. The Balaban J connectivity index is 3.42. The summed E-state index contributed by atoms with van der Waals surface area (Å²) >= 11 is 0. The van der Waals surface area contributed by atoms with E-state index in [1.807, 2.05) is 0 Å². The Bertz CT molecular complexity index is 480. The Morgan fingerprint density at radius 2 is 2.00 bits per heavy atom. The maximum Gasteiger partial charge on any atom is 0.293 e. The molecule has 0 unspecified atom stereocenters. The molecule has 0 heterocycles. The van der Waals surface area contributed by atoms with Crippen molar-refractivity contribution in [2.45, 2.75) is 4.90 Å². The summed E-state index contributed by atoms with van der Waals surface area (Å²) in [4.78, 5) is 9.60. The normalized spacial score (nSPS) is 11.2. The van der Waals surface area contributed by atoms with Gasteiger partial charge in [-0.15, -0.1) is 0 Å². The van der Waals surface area contributed by atoms with Crippen molar-refractivity contribution in [1.29, 1.82) is 0 Å². The van der Waals surface area contributed by atoms with Crippen molar-refractivity contribution in [2.75, 3.05) is 12.0 Å². The zero-order valence-electron chi connectivity index (χ0n) is 7.30. The number of benzene rings is 1. The van der Waals surface area contributed by atoms with Crippen LogP contribution in [-0.2, 0) is 9.84 Å². The highest BCUT2D eigenvalue weighted by molar-refractivity contribution is 7.90. The number of hydrogen-bond donors (Lipinski definition) is 1. The Labute approximate surface area is 80.4 Å². The maximum absolute atomic E-state index is 11.1. The fourth-order valence-corrected chi connectivity index (χ4v) is 1.55. The van der Waals surface area contributed by atoms with Gasteiger partial charge in [0.25, 0.3) is 5.69 Å². The summed E-state index contributed by atoms with van der Waals surface area (Å²) in [6.07, 6.45) is 0.974. The predicted molar refractivity (Wildman–Crippen MR) is 50.6 cm³/mol. The van der Waals surface area contributed by atoms with E-state index in [9.17, 15) is 18.5 Å². The number of nitrogen functional groups attached to an aromatic ring is 1. The van der Waals surface area contributed by atoms with E-state index in [4.69, 9.17) is 5.73 Å². The maximum atomic E-state index is 11.1. The van der Waals surface area contributed by atoms with Crippen LogP contribution in [0.25, 0.3) is 0 Å². The molecule has 0 aliphatic rings. The summed E-state index contributed by atoms with van der Waals surface area (Å²) in [7, 11) is -3.44. The van der Waals surface area contributed by atoms with Crippen LogP contribution < -0.4 is 5.73 Å². The average Bonchev–Trinajstić information content (AvgIpc) is 2.02. The second-order valence-electron chi connectivity index (χ2n) is 2.75. The smallest absolute Gasteiger partial charge is 0.293 e. The minimum absolute atomic E-state index is 0.0533. The topological polar surface area (TPSA) is 103 Å². The van der Waals surface area contributed by atoms with E-state index in [0.29, 0.717) is 0 Å². The van der Waals surface area contributed by atoms with Crippen LogP contribution in [0.3, 0.4) is 0 Å². The van der Waals surface area contributed by atoms with Crippen LogP contribution in [0.4, 0.5) is 11.4 Å². The molecule has 0 saturated heterocycles. The third-order valence-corrected chi connectivity index (χ3v) is 2.74. The molecule has 0 saturated carbocycles. The van der Waals surface area contributed by atoms with Gasteiger partial charge in [-0.05, 0) is 12.1 Å². The van der Waals surface area contributed by atoms with Gasteiger partial charge < -0.3 is 5.73 Å². The highest BCUT2D eigenvalue weighted by Crippen LogP contribution is 2.24. The number of anilines is 1. The van der Waals surface area contributed by atoms with E-state index in [0.717, 1.165) is 12.3 Å². The van der Waals surface area contributed by atoms with Gasteiger partial charge in [0.1, 0.15) is 5.69 Å². The fourth-order valence-electron chi connectivity index (χ4n) is 0.912. The summed E-state index contributed by atoms with van der Waals surface area (Å²) in [6, 6.07) is 3.39. The molecule has 1 aromatic carbocycles. The molecule has 1 rings (SSSR count). The monoisotopic (exact) mass is 216 g/mol. The second kappa shape index (κ2) is 3.26. The minimum Gasteiger partial charge on any atom is -0.393 e. The molecule has 0 atom stereocenters. The highest BCUT2D eigenvalue weighted by Gasteiger charge is 2.16. The standard InChI is InChI=1S/C7H8N2O4S/c1-14(12,13)5-2-3-6(8)7(4-5)9(10)11/h2-4H,8H2,1H3. The van der Waals surface area contributed by atoms with E-state index in [1.54, 1.807) is 0 Å². The zero-order valence-corrected chi connectivity index (χ0v) is 8.11. The van der Waals surface area contributed by atoms with Gasteiger partial charge in [0.05, 0.1) is 9.82 Å². The van der Waals surface area contributed by atoms with E-state index in [-0.39, 0.29) is 10.6 Å².